The number of carbonyl (C=O) groups excluding carboxylic acids is 1. The molecule has 0 radical (unpaired) electrons. The van der Waals surface area contributed by atoms with E-state index in [1.54, 1.807) is 18.2 Å². The topological polar surface area (TPSA) is 84.9 Å². The van der Waals surface area contributed by atoms with Crippen LogP contribution in [0, 0.1) is 0 Å². The average molecular weight is 267 g/mol. The summed E-state index contributed by atoms with van der Waals surface area (Å²) in [6.07, 6.45) is 0.0258. The number of carboxylic acid groups (broad SMARTS) is 1. The maximum absolute atomic E-state index is 11.7. The molecule has 0 aromatic heterocycles. The fourth-order valence-corrected chi connectivity index (χ4v) is 1.62. The zero-order valence-corrected chi connectivity index (χ0v) is 11.1. The summed E-state index contributed by atoms with van der Waals surface area (Å²) in [6.45, 7) is 1.41. The number of nitrogens with one attached hydrogen (secondary N) is 1. The Morgan fingerprint density at radius 1 is 1.32 bits per heavy atom. The van der Waals surface area contributed by atoms with E-state index < -0.39 is 12.0 Å². The van der Waals surface area contributed by atoms with E-state index in [1.165, 1.54) is 21.1 Å². The molecule has 104 valence electrons. The molecular weight excluding hydrogens is 250 g/mol. The van der Waals surface area contributed by atoms with Crippen LogP contribution in [0.15, 0.2) is 18.2 Å². The molecule has 0 saturated heterocycles. The van der Waals surface area contributed by atoms with Crippen molar-refractivity contribution in [1.29, 1.82) is 0 Å². The van der Waals surface area contributed by atoms with Crippen molar-refractivity contribution in [2.45, 2.75) is 19.4 Å². The highest BCUT2D eigenvalue weighted by Crippen LogP contribution is 2.30. The third kappa shape index (κ3) is 3.87. The molecule has 1 rings (SSSR count). The van der Waals surface area contributed by atoms with Gasteiger partial charge in [-0.15, -0.1) is 0 Å². The Morgan fingerprint density at radius 2 is 2.00 bits per heavy atom. The molecule has 0 unspecified atom stereocenters. The first kappa shape index (κ1) is 14.8. The number of methoxy groups -OCH3 is 2. The van der Waals surface area contributed by atoms with Crippen molar-refractivity contribution in [3.63, 3.8) is 0 Å². The highest BCUT2D eigenvalue weighted by molar-refractivity contribution is 5.85. The second-order valence-electron chi connectivity index (χ2n) is 3.96. The van der Waals surface area contributed by atoms with E-state index >= 15 is 0 Å². The van der Waals surface area contributed by atoms with E-state index in [0.29, 0.717) is 17.1 Å². The van der Waals surface area contributed by atoms with Crippen molar-refractivity contribution in [3.05, 3.63) is 23.8 Å². The maximum atomic E-state index is 11.7. The van der Waals surface area contributed by atoms with Gasteiger partial charge >= 0.3 is 5.97 Å². The Hall–Kier alpha value is -2.24. The second kappa shape index (κ2) is 6.63. The number of hydrogen-bond donors (Lipinski definition) is 2. The standard InChI is InChI=1S/C13H17NO5/c1-8(13(16)17)14-11(15)7-9-5-4-6-10(18-2)12(9)19-3/h4-6,8H,7H2,1-3H3,(H,14,15)(H,16,17)/t8-/m0/s1. The monoisotopic (exact) mass is 267 g/mol. The molecule has 0 saturated carbocycles. The first-order valence-electron chi connectivity index (χ1n) is 5.71. The van der Waals surface area contributed by atoms with Crippen LogP contribution in [0.4, 0.5) is 0 Å². The van der Waals surface area contributed by atoms with Gasteiger partial charge in [-0.2, -0.15) is 0 Å². The molecule has 0 aliphatic rings. The Kier molecular flexibility index (Phi) is 5.17. The summed E-state index contributed by atoms with van der Waals surface area (Å²) in [5, 5.41) is 11.1. The minimum Gasteiger partial charge on any atom is -0.493 e. The summed E-state index contributed by atoms with van der Waals surface area (Å²) < 4.78 is 10.3. The molecule has 0 fully saturated rings. The zero-order valence-electron chi connectivity index (χ0n) is 11.1. The van der Waals surface area contributed by atoms with Gasteiger partial charge in [-0.05, 0) is 13.0 Å². The quantitative estimate of drug-likeness (QED) is 0.797. The van der Waals surface area contributed by atoms with Gasteiger partial charge in [0.1, 0.15) is 6.04 Å². The Bertz CT molecular complexity index is 472. The van der Waals surface area contributed by atoms with Gasteiger partial charge in [0.2, 0.25) is 5.91 Å². The number of ether oxygens (including phenoxy) is 2. The van der Waals surface area contributed by atoms with Crippen LogP contribution >= 0.6 is 0 Å². The summed E-state index contributed by atoms with van der Waals surface area (Å²) in [5.74, 6) is -0.463. The average Bonchev–Trinajstić information content (AvgIpc) is 2.37. The number of rotatable bonds is 6. The van der Waals surface area contributed by atoms with Crippen LogP contribution < -0.4 is 14.8 Å². The van der Waals surface area contributed by atoms with Gasteiger partial charge in [0.05, 0.1) is 20.6 Å². The lowest BCUT2D eigenvalue weighted by Gasteiger charge is -2.13. The maximum Gasteiger partial charge on any atom is 0.325 e. The number of carbonyl (C=O) groups is 2. The van der Waals surface area contributed by atoms with Gasteiger partial charge in [-0.25, -0.2) is 0 Å². The first-order valence-corrected chi connectivity index (χ1v) is 5.71. The van der Waals surface area contributed by atoms with Gasteiger partial charge in [0, 0.05) is 5.56 Å². The van der Waals surface area contributed by atoms with Gasteiger partial charge in [-0.1, -0.05) is 12.1 Å². The Morgan fingerprint density at radius 3 is 2.53 bits per heavy atom. The summed E-state index contributed by atoms with van der Waals surface area (Å²) >= 11 is 0. The normalized spacial score (nSPS) is 11.5. The number of hydrogen-bond acceptors (Lipinski definition) is 4. The van der Waals surface area contributed by atoms with Crippen LogP contribution in [0.25, 0.3) is 0 Å². The van der Waals surface area contributed by atoms with E-state index in [9.17, 15) is 9.59 Å². The highest BCUT2D eigenvalue weighted by Gasteiger charge is 2.17. The van der Waals surface area contributed by atoms with Crippen molar-refractivity contribution in [2.24, 2.45) is 0 Å². The molecule has 0 heterocycles. The molecule has 2 N–H and O–H groups in total. The summed E-state index contributed by atoms with van der Waals surface area (Å²) in [5.41, 5.74) is 0.636. The number of amides is 1. The van der Waals surface area contributed by atoms with Crippen LogP contribution in [0.1, 0.15) is 12.5 Å². The lowest BCUT2D eigenvalue weighted by Crippen LogP contribution is -2.39. The molecule has 19 heavy (non-hydrogen) atoms. The zero-order chi connectivity index (χ0) is 14.4. The van der Waals surface area contributed by atoms with E-state index in [-0.39, 0.29) is 12.3 Å². The minimum atomic E-state index is -1.08. The van der Waals surface area contributed by atoms with E-state index in [0.717, 1.165) is 0 Å². The third-order valence-corrected chi connectivity index (χ3v) is 2.58. The second-order valence-corrected chi connectivity index (χ2v) is 3.96. The van der Waals surface area contributed by atoms with Gasteiger partial charge in [0.15, 0.2) is 11.5 Å². The van der Waals surface area contributed by atoms with E-state index in [1.807, 2.05) is 0 Å². The molecule has 6 nitrogen and oxygen atoms in total. The fraction of sp³-hybridized carbons (Fsp3) is 0.385. The largest absolute Gasteiger partial charge is 0.493 e. The molecule has 0 spiro atoms. The Labute approximate surface area is 111 Å². The van der Waals surface area contributed by atoms with Crippen molar-refractivity contribution in [2.75, 3.05) is 14.2 Å². The summed E-state index contributed by atoms with van der Waals surface area (Å²) in [7, 11) is 2.99. The first-order chi connectivity index (χ1) is 8.99. The van der Waals surface area contributed by atoms with E-state index in [2.05, 4.69) is 5.32 Å². The molecule has 6 heteroatoms. The molecule has 1 aromatic carbocycles. The predicted molar refractivity (Wildman–Crippen MR) is 68.5 cm³/mol. The number of aliphatic carboxylic acids is 1. The summed E-state index contributed by atoms with van der Waals surface area (Å²) in [4.78, 5) is 22.4. The molecule has 1 amide bonds. The van der Waals surface area contributed by atoms with Gasteiger partial charge < -0.3 is 19.9 Å². The number of benzene rings is 1. The third-order valence-electron chi connectivity index (χ3n) is 2.58. The van der Waals surface area contributed by atoms with Crippen LogP contribution in [0.5, 0.6) is 11.5 Å². The molecule has 0 aliphatic heterocycles. The van der Waals surface area contributed by atoms with Crippen LogP contribution in [-0.4, -0.2) is 37.2 Å². The molecular formula is C13H17NO5. The van der Waals surface area contributed by atoms with E-state index in [4.69, 9.17) is 14.6 Å². The molecule has 1 aromatic rings. The lowest BCUT2D eigenvalue weighted by atomic mass is 10.1. The smallest absolute Gasteiger partial charge is 0.325 e. The minimum absolute atomic E-state index is 0.0258. The fourth-order valence-electron chi connectivity index (χ4n) is 1.62. The van der Waals surface area contributed by atoms with Crippen LogP contribution in [0.3, 0.4) is 0 Å². The Balaban J connectivity index is 2.82. The van der Waals surface area contributed by atoms with Gasteiger partial charge in [0.25, 0.3) is 0 Å². The lowest BCUT2D eigenvalue weighted by molar-refractivity contribution is -0.141. The molecule has 0 bridgehead atoms. The highest BCUT2D eigenvalue weighted by atomic mass is 16.5. The predicted octanol–water partition coefficient (Wildman–Crippen LogP) is 0.836. The van der Waals surface area contributed by atoms with Gasteiger partial charge in [-0.3, -0.25) is 9.59 Å². The van der Waals surface area contributed by atoms with Crippen molar-refractivity contribution >= 4 is 11.9 Å². The van der Waals surface area contributed by atoms with Crippen molar-refractivity contribution in [3.8, 4) is 11.5 Å². The number of carboxylic acids is 1. The summed E-state index contributed by atoms with van der Waals surface area (Å²) in [6, 6.07) is 4.26. The SMILES string of the molecule is COc1cccc(CC(=O)N[C@@H](C)C(=O)O)c1OC. The van der Waals surface area contributed by atoms with Crippen molar-refractivity contribution in [1.82, 2.24) is 5.32 Å². The van der Waals surface area contributed by atoms with Crippen LogP contribution in [-0.2, 0) is 16.0 Å². The molecule has 1 atom stereocenters. The van der Waals surface area contributed by atoms with Crippen molar-refractivity contribution < 1.29 is 24.2 Å². The van der Waals surface area contributed by atoms with Crippen LogP contribution in [0.2, 0.25) is 0 Å². The molecule has 0 aliphatic carbocycles. The number of para-hydroxylation sites is 1.